The Bertz CT molecular complexity index is 340. The van der Waals surface area contributed by atoms with Gasteiger partial charge in [-0.15, -0.1) is 0 Å². The highest BCUT2D eigenvalue weighted by Gasteiger charge is 2.74. The van der Waals surface area contributed by atoms with E-state index < -0.39 is 22.8 Å². The van der Waals surface area contributed by atoms with Crippen LogP contribution in [0, 0.1) is 10.8 Å². The number of carbonyl (C=O) groups excluding carboxylic acids is 2. The van der Waals surface area contributed by atoms with Crippen molar-refractivity contribution in [2.45, 2.75) is 13.8 Å². The van der Waals surface area contributed by atoms with Crippen LogP contribution in [0.15, 0.2) is 10.1 Å². The molecule has 1 aliphatic heterocycles. The minimum atomic E-state index is -1.07. The maximum atomic E-state index is 11.3. The summed E-state index contributed by atoms with van der Waals surface area (Å²) in [7, 11) is 0. The fraction of sp³-hybridized carbons (Fsp3) is 0.500. The first-order chi connectivity index (χ1) is 5.86. The molecule has 1 fully saturated rings. The number of fused-ring (bicyclic) bond motifs is 1. The van der Waals surface area contributed by atoms with E-state index in [9.17, 15) is 9.59 Å². The zero-order chi connectivity index (χ0) is 10.0. The second-order valence-corrected chi connectivity index (χ2v) is 4.31. The molecular weight excluding hydrogens is 215 g/mol. The van der Waals surface area contributed by atoms with Gasteiger partial charge in [0.2, 0.25) is 0 Å². The lowest BCUT2D eigenvalue weighted by Gasteiger charge is -2.43. The molecule has 2 rings (SSSR count). The molecule has 1 heterocycles. The zero-order valence-electron chi connectivity index (χ0n) is 6.98. The van der Waals surface area contributed by atoms with E-state index in [1.807, 2.05) is 0 Å². The number of rotatable bonds is 0. The Morgan fingerprint density at radius 2 is 1.31 bits per heavy atom. The fourth-order valence-corrected chi connectivity index (χ4v) is 2.60. The molecule has 70 valence electrons. The van der Waals surface area contributed by atoms with Crippen LogP contribution in [-0.2, 0) is 14.3 Å². The Hall–Kier alpha value is -0.540. The molecule has 2 atom stereocenters. The van der Waals surface area contributed by atoms with Crippen LogP contribution in [0.2, 0.25) is 0 Å². The maximum absolute atomic E-state index is 11.3. The highest BCUT2D eigenvalue weighted by Crippen LogP contribution is 2.67. The van der Waals surface area contributed by atoms with Crippen molar-refractivity contribution < 1.29 is 14.3 Å². The van der Waals surface area contributed by atoms with Crippen molar-refractivity contribution in [3.05, 3.63) is 10.1 Å². The summed E-state index contributed by atoms with van der Waals surface area (Å²) in [6, 6.07) is 0. The fourth-order valence-electron chi connectivity index (χ4n) is 1.69. The largest absolute Gasteiger partial charge is 0.392 e. The first-order valence-electron chi connectivity index (χ1n) is 3.69. The number of halogens is 2. The van der Waals surface area contributed by atoms with Crippen LogP contribution >= 0.6 is 23.2 Å². The van der Waals surface area contributed by atoms with Gasteiger partial charge in [-0.05, 0) is 13.8 Å². The Balaban J connectivity index is 2.68. The van der Waals surface area contributed by atoms with Crippen LogP contribution in [0.4, 0.5) is 0 Å². The van der Waals surface area contributed by atoms with Crippen LogP contribution < -0.4 is 0 Å². The molecule has 0 bridgehead atoms. The van der Waals surface area contributed by atoms with Crippen LogP contribution in [0.3, 0.4) is 0 Å². The average molecular weight is 221 g/mol. The van der Waals surface area contributed by atoms with Crippen LogP contribution in [-0.4, -0.2) is 11.9 Å². The van der Waals surface area contributed by atoms with Gasteiger partial charge in [0.25, 0.3) is 0 Å². The van der Waals surface area contributed by atoms with Crippen molar-refractivity contribution >= 4 is 35.1 Å². The number of carbonyl (C=O) groups is 2. The summed E-state index contributed by atoms with van der Waals surface area (Å²) >= 11 is 11.6. The first kappa shape index (κ1) is 9.03. The first-order valence-corrected chi connectivity index (χ1v) is 4.45. The molecule has 0 aromatic rings. The molecule has 0 N–H and O–H groups in total. The number of esters is 2. The summed E-state index contributed by atoms with van der Waals surface area (Å²) in [6.07, 6.45) is 0. The Labute approximate surface area is 84.6 Å². The molecule has 0 radical (unpaired) electrons. The molecule has 5 heteroatoms. The minimum absolute atomic E-state index is 0.215. The Morgan fingerprint density at radius 3 is 1.62 bits per heavy atom. The topological polar surface area (TPSA) is 43.4 Å². The lowest BCUT2D eigenvalue weighted by atomic mass is 9.58. The predicted octanol–water partition coefficient (Wildman–Crippen LogP) is 1.79. The molecule has 3 nitrogen and oxygen atoms in total. The number of cyclic esters (lactones) is 2. The van der Waals surface area contributed by atoms with Gasteiger partial charge >= 0.3 is 11.9 Å². The van der Waals surface area contributed by atoms with Gasteiger partial charge in [0, 0.05) is 0 Å². The highest BCUT2D eigenvalue weighted by atomic mass is 35.5. The number of hydrogen-bond donors (Lipinski definition) is 0. The van der Waals surface area contributed by atoms with Crippen molar-refractivity contribution in [3.8, 4) is 0 Å². The molecule has 0 saturated carbocycles. The second-order valence-electron chi connectivity index (χ2n) is 3.55. The van der Waals surface area contributed by atoms with Crippen molar-refractivity contribution in [2.24, 2.45) is 10.8 Å². The predicted molar refractivity (Wildman–Crippen MR) is 46.0 cm³/mol. The van der Waals surface area contributed by atoms with E-state index in [4.69, 9.17) is 23.2 Å². The summed E-state index contributed by atoms with van der Waals surface area (Å²) in [5.41, 5.74) is -2.13. The summed E-state index contributed by atoms with van der Waals surface area (Å²) in [5, 5.41) is 0.431. The van der Waals surface area contributed by atoms with Gasteiger partial charge in [-0.2, -0.15) is 0 Å². The molecule has 0 aromatic heterocycles. The van der Waals surface area contributed by atoms with Crippen LogP contribution in [0.25, 0.3) is 0 Å². The third-order valence-electron chi connectivity index (χ3n) is 3.07. The van der Waals surface area contributed by atoms with E-state index in [0.717, 1.165) is 0 Å². The van der Waals surface area contributed by atoms with Gasteiger partial charge in [-0.25, -0.2) is 0 Å². The van der Waals surface area contributed by atoms with Gasteiger partial charge in [0.1, 0.15) is 10.8 Å². The normalized spacial score (nSPS) is 43.1. The summed E-state index contributed by atoms with van der Waals surface area (Å²) < 4.78 is 4.51. The third-order valence-corrected chi connectivity index (χ3v) is 4.30. The molecule has 2 unspecified atom stereocenters. The average Bonchev–Trinajstić information content (AvgIpc) is 2.26. The monoisotopic (exact) mass is 220 g/mol. The Morgan fingerprint density at radius 1 is 1.00 bits per heavy atom. The van der Waals surface area contributed by atoms with Crippen molar-refractivity contribution in [2.75, 3.05) is 0 Å². The molecule has 0 amide bonds. The summed E-state index contributed by atoms with van der Waals surface area (Å²) in [6.45, 7) is 3.13. The van der Waals surface area contributed by atoms with E-state index in [-0.39, 0.29) is 10.1 Å². The van der Waals surface area contributed by atoms with Crippen molar-refractivity contribution in [3.63, 3.8) is 0 Å². The van der Waals surface area contributed by atoms with Crippen LogP contribution in [0.5, 0.6) is 0 Å². The molecule has 0 aromatic carbocycles. The lowest BCUT2D eigenvalue weighted by Crippen LogP contribution is -2.49. The van der Waals surface area contributed by atoms with E-state index in [2.05, 4.69) is 4.74 Å². The maximum Gasteiger partial charge on any atom is 0.326 e. The lowest BCUT2D eigenvalue weighted by molar-refractivity contribution is -0.154. The highest BCUT2D eigenvalue weighted by molar-refractivity contribution is 6.46. The molecule has 1 aliphatic carbocycles. The van der Waals surface area contributed by atoms with Gasteiger partial charge < -0.3 is 4.74 Å². The summed E-state index contributed by atoms with van der Waals surface area (Å²) in [5.74, 6) is -1.23. The second kappa shape index (κ2) is 2.10. The van der Waals surface area contributed by atoms with E-state index in [0.29, 0.717) is 0 Å². The Kier molecular flexibility index (Phi) is 1.46. The van der Waals surface area contributed by atoms with Crippen molar-refractivity contribution in [1.29, 1.82) is 0 Å². The van der Waals surface area contributed by atoms with E-state index in [1.54, 1.807) is 13.8 Å². The zero-order valence-corrected chi connectivity index (χ0v) is 8.49. The van der Waals surface area contributed by atoms with Gasteiger partial charge in [-0.3, -0.25) is 9.59 Å². The smallest absolute Gasteiger partial charge is 0.326 e. The quantitative estimate of drug-likeness (QED) is 0.462. The number of ether oxygens (including phenoxy) is 1. The molecule has 2 aliphatic rings. The SMILES string of the molecule is CC12C(=O)OC(=O)C1(C)C(Cl)=C2Cl. The standard InChI is InChI=1S/C8H6Cl2O3/c1-7-3(9)4(10)8(7,2)6(12)13-5(7)11/h1-2H3. The van der Waals surface area contributed by atoms with Gasteiger partial charge in [0.05, 0.1) is 10.1 Å². The van der Waals surface area contributed by atoms with Gasteiger partial charge in [0.15, 0.2) is 0 Å². The van der Waals surface area contributed by atoms with E-state index >= 15 is 0 Å². The molecular formula is C8H6Cl2O3. The molecule has 0 spiro atoms. The summed E-state index contributed by atoms with van der Waals surface area (Å²) in [4.78, 5) is 22.6. The van der Waals surface area contributed by atoms with Gasteiger partial charge in [-0.1, -0.05) is 23.2 Å². The minimum Gasteiger partial charge on any atom is -0.392 e. The van der Waals surface area contributed by atoms with Crippen LogP contribution in [0.1, 0.15) is 13.8 Å². The third kappa shape index (κ3) is 0.626. The van der Waals surface area contributed by atoms with E-state index in [1.165, 1.54) is 0 Å². The molecule has 1 saturated heterocycles. The number of hydrogen-bond acceptors (Lipinski definition) is 3. The molecule has 13 heavy (non-hydrogen) atoms. The van der Waals surface area contributed by atoms with Crippen molar-refractivity contribution in [1.82, 2.24) is 0 Å².